The van der Waals surface area contributed by atoms with Gasteiger partial charge >= 0.3 is 0 Å². The molecule has 3 heteroatoms. The Hall–Kier alpha value is -1.61. The lowest BCUT2D eigenvalue weighted by atomic mass is 10.0. The minimum absolute atomic E-state index is 0.498. The minimum atomic E-state index is 0.498. The summed E-state index contributed by atoms with van der Waals surface area (Å²) >= 11 is 0. The summed E-state index contributed by atoms with van der Waals surface area (Å²) in [4.78, 5) is 11.3. The molecule has 0 amide bonds. The van der Waals surface area contributed by atoms with Crippen LogP contribution in [0, 0.1) is 5.92 Å². The van der Waals surface area contributed by atoms with E-state index in [1.807, 2.05) is 18.2 Å². The highest BCUT2D eigenvalue weighted by Crippen LogP contribution is 2.32. The molecule has 0 radical (unpaired) electrons. The third kappa shape index (κ3) is 1.50. The third-order valence-electron chi connectivity index (χ3n) is 3.56. The van der Waals surface area contributed by atoms with E-state index in [-0.39, 0.29) is 0 Å². The van der Waals surface area contributed by atoms with Crippen LogP contribution in [-0.4, -0.2) is 24.6 Å². The Labute approximate surface area is 100.0 Å². The van der Waals surface area contributed by atoms with Crippen LogP contribution >= 0.6 is 0 Å². The molecule has 1 aromatic heterocycles. The zero-order valence-electron chi connectivity index (χ0n) is 9.85. The van der Waals surface area contributed by atoms with Gasteiger partial charge in [0.25, 0.3) is 0 Å². The second kappa shape index (κ2) is 4.00. The van der Waals surface area contributed by atoms with Gasteiger partial charge in [0.1, 0.15) is 0 Å². The number of aldehydes is 1. The summed E-state index contributed by atoms with van der Waals surface area (Å²) in [6, 6.07) is 8.11. The van der Waals surface area contributed by atoms with E-state index < -0.39 is 0 Å². The minimum Gasteiger partial charge on any atom is -0.384 e. The maximum absolute atomic E-state index is 11.3. The fourth-order valence-corrected chi connectivity index (χ4v) is 2.89. The summed E-state index contributed by atoms with van der Waals surface area (Å²) in [6.45, 7) is 1.71. The number of hydrogen-bond donors (Lipinski definition) is 0. The van der Waals surface area contributed by atoms with E-state index in [0.29, 0.717) is 5.92 Å². The Morgan fingerprint density at radius 1 is 1.47 bits per heavy atom. The van der Waals surface area contributed by atoms with Crippen molar-refractivity contribution in [3.05, 3.63) is 35.5 Å². The van der Waals surface area contributed by atoms with Gasteiger partial charge in [0.05, 0.1) is 6.61 Å². The molecule has 1 aliphatic heterocycles. The molecular weight excluding hydrogens is 214 g/mol. The van der Waals surface area contributed by atoms with Gasteiger partial charge in [-0.1, -0.05) is 18.2 Å². The Kier molecular flexibility index (Phi) is 2.48. The molecule has 88 valence electrons. The van der Waals surface area contributed by atoms with Gasteiger partial charge < -0.3 is 9.30 Å². The zero-order valence-corrected chi connectivity index (χ0v) is 9.85. The van der Waals surface area contributed by atoms with Crippen LogP contribution in [0.1, 0.15) is 16.1 Å². The van der Waals surface area contributed by atoms with Crippen LogP contribution in [-0.2, 0) is 17.7 Å². The largest absolute Gasteiger partial charge is 0.384 e. The third-order valence-corrected chi connectivity index (χ3v) is 3.56. The van der Waals surface area contributed by atoms with Crippen LogP contribution in [0.15, 0.2) is 24.3 Å². The van der Waals surface area contributed by atoms with Gasteiger partial charge in [0.15, 0.2) is 6.29 Å². The quantitative estimate of drug-likeness (QED) is 0.756. The number of fused-ring (bicyclic) bond motifs is 3. The van der Waals surface area contributed by atoms with E-state index in [1.165, 1.54) is 11.2 Å². The molecule has 1 aliphatic rings. The fraction of sp³-hybridized carbons (Fsp3) is 0.357. The first-order valence-electron chi connectivity index (χ1n) is 5.89. The lowest BCUT2D eigenvalue weighted by molar-refractivity contribution is 0.112. The van der Waals surface area contributed by atoms with Gasteiger partial charge in [-0.3, -0.25) is 4.79 Å². The van der Waals surface area contributed by atoms with E-state index in [4.69, 9.17) is 4.74 Å². The van der Waals surface area contributed by atoms with Crippen LogP contribution in [0.2, 0.25) is 0 Å². The molecule has 2 aromatic rings. The average Bonchev–Trinajstić information content (AvgIpc) is 2.86. The molecule has 0 bridgehead atoms. The normalized spacial score (nSPS) is 18.5. The van der Waals surface area contributed by atoms with Crippen molar-refractivity contribution >= 4 is 17.2 Å². The van der Waals surface area contributed by atoms with E-state index in [9.17, 15) is 4.79 Å². The topological polar surface area (TPSA) is 31.2 Å². The van der Waals surface area contributed by atoms with Crippen molar-refractivity contribution in [2.45, 2.75) is 13.0 Å². The van der Waals surface area contributed by atoms with Crippen LogP contribution in [0.3, 0.4) is 0 Å². The van der Waals surface area contributed by atoms with Gasteiger partial charge in [0, 0.05) is 41.7 Å². The summed E-state index contributed by atoms with van der Waals surface area (Å²) in [5.41, 5.74) is 3.20. The van der Waals surface area contributed by atoms with Gasteiger partial charge in [-0.25, -0.2) is 0 Å². The first kappa shape index (κ1) is 10.5. The van der Waals surface area contributed by atoms with Gasteiger partial charge in [-0.2, -0.15) is 0 Å². The molecular formula is C14H15NO2. The molecule has 3 rings (SSSR count). The second-order valence-electron chi connectivity index (χ2n) is 4.63. The molecule has 0 saturated heterocycles. The van der Waals surface area contributed by atoms with Crippen molar-refractivity contribution in [2.24, 2.45) is 5.92 Å². The molecule has 0 unspecified atom stereocenters. The van der Waals surface area contributed by atoms with Crippen LogP contribution in [0.4, 0.5) is 0 Å². The molecule has 0 spiro atoms. The van der Waals surface area contributed by atoms with Gasteiger partial charge in [-0.15, -0.1) is 0 Å². The summed E-state index contributed by atoms with van der Waals surface area (Å²) in [7, 11) is 1.73. The first-order chi connectivity index (χ1) is 8.35. The van der Waals surface area contributed by atoms with Crippen molar-refractivity contribution in [1.82, 2.24) is 4.57 Å². The van der Waals surface area contributed by atoms with Gasteiger partial charge in [0.2, 0.25) is 0 Å². The van der Waals surface area contributed by atoms with E-state index in [1.54, 1.807) is 7.11 Å². The summed E-state index contributed by atoms with van der Waals surface area (Å²) < 4.78 is 7.48. The highest BCUT2D eigenvalue weighted by molar-refractivity contribution is 5.99. The number of hydrogen-bond acceptors (Lipinski definition) is 2. The Morgan fingerprint density at radius 2 is 2.29 bits per heavy atom. The van der Waals surface area contributed by atoms with E-state index in [0.717, 1.165) is 36.8 Å². The van der Waals surface area contributed by atoms with Crippen molar-refractivity contribution in [2.75, 3.05) is 13.7 Å². The van der Waals surface area contributed by atoms with Crippen molar-refractivity contribution in [3.8, 4) is 0 Å². The van der Waals surface area contributed by atoms with Crippen molar-refractivity contribution in [1.29, 1.82) is 0 Å². The number of nitrogens with zero attached hydrogens (tertiary/aromatic N) is 1. The number of aromatic nitrogens is 1. The molecule has 17 heavy (non-hydrogen) atoms. The monoisotopic (exact) mass is 229 g/mol. The number of methoxy groups -OCH3 is 1. The van der Waals surface area contributed by atoms with Crippen LogP contribution in [0.5, 0.6) is 0 Å². The Bertz CT molecular complexity index is 571. The Morgan fingerprint density at radius 3 is 3.06 bits per heavy atom. The summed E-state index contributed by atoms with van der Waals surface area (Å²) in [6.07, 6.45) is 1.93. The number of carbonyl (C=O) groups excluding carboxylic acids is 1. The van der Waals surface area contributed by atoms with E-state index >= 15 is 0 Å². The van der Waals surface area contributed by atoms with E-state index in [2.05, 4.69) is 10.6 Å². The molecule has 0 saturated carbocycles. The molecule has 1 atom stereocenters. The van der Waals surface area contributed by atoms with Crippen molar-refractivity contribution in [3.63, 3.8) is 0 Å². The molecule has 0 fully saturated rings. The SMILES string of the molecule is COC[C@H]1Cc2c(C=O)c3ccccc3n2C1. The van der Waals surface area contributed by atoms with Crippen molar-refractivity contribution < 1.29 is 9.53 Å². The number of rotatable bonds is 3. The summed E-state index contributed by atoms with van der Waals surface area (Å²) in [5.74, 6) is 0.498. The average molecular weight is 229 g/mol. The standard InChI is InChI=1S/C14H15NO2/c1-17-9-10-6-14-12(8-16)11-4-2-3-5-13(11)15(14)7-10/h2-5,8,10H,6-7,9H2,1H3/t10-/m0/s1. The molecule has 2 heterocycles. The molecule has 1 aromatic carbocycles. The second-order valence-corrected chi connectivity index (χ2v) is 4.63. The lowest BCUT2D eigenvalue weighted by Gasteiger charge is -2.07. The lowest BCUT2D eigenvalue weighted by Crippen LogP contribution is -2.09. The maximum atomic E-state index is 11.3. The first-order valence-corrected chi connectivity index (χ1v) is 5.89. The summed E-state index contributed by atoms with van der Waals surface area (Å²) in [5, 5.41) is 1.08. The smallest absolute Gasteiger partial charge is 0.152 e. The van der Waals surface area contributed by atoms with Crippen LogP contribution in [0.25, 0.3) is 10.9 Å². The molecule has 3 nitrogen and oxygen atoms in total. The van der Waals surface area contributed by atoms with Crippen LogP contribution < -0.4 is 0 Å². The van der Waals surface area contributed by atoms with Gasteiger partial charge in [-0.05, 0) is 12.5 Å². The fourth-order valence-electron chi connectivity index (χ4n) is 2.89. The number of benzene rings is 1. The Balaban J connectivity index is 2.14. The number of para-hydroxylation sites is 1. The molecule has 0 N–H and O–H groups in total. The number of carbonyl (C=O) groups is 1. The molecule has 0 aliphatic carbocycles. The predicted octanol–water partition coefficient (Wildman–Crippen LogP) is 2.27. The number of ether oxygens (including phenoxy) is 1. The highest BCUT2D eigenvalue weighted by Gasteiger charge is 2.27. The highest BCUT2D eigenvalue weighted by atomic mass is 16.5. The maximum Gasteiger partial charge on any atom is 0.152 e. The zero-order chi connectivity index (χ0) is 11.8. The predicted molar refractivity (Wildman–Crippen MR) is 66.4 cm³/mol.